The largest absolute Gasteiger partial charge is 0.493 e. The summed E-state index contributed by atoms with van der Waals surface area (Å²) in [6.07, 6.45) is 2.38. The van der Waals surface area contributed by atoms with Crippen LogP contribution >= 0.6 is 0 Å². The average molecular weight is 555 g/mol. The molecule has 3 nitrogen and oxygen atoms in total. The zero-order valence-electron chi connectivity index (χ0n) is 24.9. The van der Waals surface area contributed by atoms with Gasteiger partial charge in [-0.3, -0.25) is 0 Å². The zero-order valence-corrected chi connectivity index (χ0v) is 24.9. The predicted octanol–water partition coefficient (Wildman–Crippen LogP) is 10.6. The van der Waals surface area contributed by atoms with Crippen molar-refractivity contribution in [2.45, 2.75) is 64.2 Å². The van der Waals surface area contributed by atoms with Crippen LogP contribution in [0, 0.1) is 13.8 Å². The Morgan fingerprint density at radius 3 is 1.79 bits per heavy atom. The van der Waals surface area contributed by atoms with Crippen molar-refractivity contribution in [2.24, 2.45) is 0 Å². The number of furan rings is 2. The third-order valence-corrected chi connectivity index (χ3v) is 9.69. The highest BCUT2D eigenvalue weighted by Gasteiger charge is 2.33. The summed E-state index contributed by atoms with van der Waals surface area (Å²) in [6, 6.07) is 34.0. The number of rotatable bonds is 2. The van der Waals surface area contributed by atoms with Gasteiger partial charge in [-0.1, -0.05) is 92.7 Å². The third-order valence-electron chi connectivity index (χ3n) is 9.69. The first kappa shape index (κ1) is 26.6. The van der Waals surface area contributed by atoms with Crippen molar-refractivity contribution in [3.63, 3.8) is 0 Å². The molecule has 4 atom stereocenters. The van der Waals surface area contributed by atoms with Crippen LogP contribution in [0.1, 0.15) is 83.3 Å². The van der Waals surface area contributed by atoms with Gasteiger partial charge in [0.2, 0.25) is 0 Å². The van der Waals surface area contributed by atoms with E-state index in [1.807, 2.05) is 18.2 Å². The molecule has 6 aromatic rings. The van der Waals surface area contributed by atoms with E-state index in [4.69, 9.17) is 13.6 Å². The number of hydrogen-bond donors (Lipinski definition) is 0. The van der Waals surface area contributed by atoms with Crippen LogP contribution in [-0.4, -0.2) is 6.61 Å². The van der Waals surface area contributed by atoms with Gasteiger partial charge in [-0.05, 0) is 79.3 Å². The Hall–Kier alpha value is -4.24. The van der Waals surface area contributed by atoms with E-state index in [-0.39, 0.29) is 0 Å². The van der Waals surface area contributed by atoms with Crippen LogP contribution in [0.3, 0.4) is 0 Å². The molecule has 1 aliphatic heterocycles. The van der Waals surface area contributed by atoms with Crippen LogP contribution in [-0.2, 0) is 6.42 Å². The summed E-state index contributed by atoms with van der Waals surface area (Å²) in [5.74, 6) is 4.99. The molecule has 3 heteroatoms. The van der Waals surface area contributed by atoms with Crippen LogP contribution in [0.2, 0.25) is 0 Å². The number of para-hydroxylation sites is 3. The van der Waals surface area contributed by atoms with Crippen molar-refractivity contribution in [3.8, 4) is 5.75 Å². The maximum Gasteiger partial charge on any atom is 0.134 e. The Kier molecular flexibility index (Phi) is 6.90. The van der Waals surface area contributed by atoms with Gasteiger partial charge >= 0.3 is 0 Å². The number of benzene rings is 4. The monoisotopic (exact) mass is 554 g/mol. The van der Waals surface area contributed by atoms with E-state index in [0.29, 0.717) is 30.3 Å². The molecule has 2 aliphatic rings. The molecule has 42 heavy (non-hydrogen) atoms. The second kappa shape index (κ2) is 10.9. The molecule has 0 bridgehead atoms. The van der Waals surface area contributed by atoms with Gasteiger partial charge < -0.3 is 13.6 Å². The second-order valence-corrected chi connectivity index (χ2v) is 12.0. The third kappa shape index (κ3) is 4.52. The minimum absolute atomic E-state index is 0.337. The van der Waals surface area contributed by atoms with Gasteiger partial charge in [0.1, 0.15) is 28.4 Å². The molecular weight excluding hydrogens is 516 g/mol. The minimum atomic E-state index is 0.337. The highest BCUT2D eigenvalue weighted by molar-refractivity contribution is 5.84. The van der Waals surface area contributed by atoms with Crippen molar-refractivity contribution < 1.29 is 13.6 Å². The lowest BCUT2D eigenvalue weighted by Crippen LogP contribution is -2.23. The van der Waals surface area contributed by atoms with E-state index in [1.54, 1.807) is 0 Å². The molecule has 3 heterocycles. The minimum Gasteiger partial charge on any atom is -0.493 e. The summed E-state index contributed by atoms with van der Waals surface area (Å²) < 4.78 is 17.9. The lowest BCUT2D eigenvalue weighted by molar-refractivity contribution is 0.243. The number of ether oxygens (including phenoxy) is 1. The Morgan fingerprint density at radius 1 is 0.571 bits per heavy atom. The molecule has 4 aromatic carbocycles. The maximum atomic E-state index is 5.99. The molecule has 0 N–H and O–H groups in total. The number of aryl methyl sites for hydroxylation is 3. The molecule has 0 fully saturated rings. The highest BCUT2D eigenvalue weighted by Crippen LogP contribution is 2.47. The lowest BCUT2D eigenvalue weighted by Gasteiger charge is -2.31. The van der Waals surface area contributed by atoms with Gasteiger partial charge in [0.25, 0.3) is 0 Å². The highest BCUT2D eigenvalue weighted by atomic mass is 16.5. The van der Waals surface area contributed by atoms with E-state index in [1.165, 1.54) is 51.4 Å². The number of hydrogen-bond acceptors (Lipinski definition) is 3. The first-order valence-corrected chi connectivity index (χ1v) is 15.3. The Balaban J connectivity index is 0.000000137. The van der Waals surface area contributed by atoms with Gasteiger partial charge in [0, 0.05) is 27.8 Å². The molecule has 2 aromatic heterocycles. The van der Waals surface area contributed by atoms with Gasteiger partial charge in [-0.2, -0.15) is 0 Å². The van der Waals surface area contributed by atoms with E-state index in [0.717, 1.165) is 28.4 Å². The van der Waals surface area contributed by atoms with Crippen molar-refractivity contribution in [1.29, 1.82) is 0 Å². The molecule has 0 amide bonds. The van der Waals surface area contributed by atoms with Crippen LogP contribution in [0.5, 0.6) is 5.75 Å². The van der Waals surface area contributed by atoms with Crippen LogP contribution in [0.25, 0.3) is 21.9 Å². The molecular formula is C39H38O3. The van der Waals surface area contributed by atoms with Crippen molar-refractivity contribution in [3.05, 3.63) is 136 Å². The van der Waals surface area contributed by atoms with E-state index in [2.05, 4.69) is 107 Å². The van der Waals surface area contributed by atoms with Gasteiger partial charge in [0.15, 0.2) is 0 Å². The fourth-order valence-corrected chi connectivity index (χ4v) is 7.54. The topological polar surface area (TPSA) is 35.5 Å². The molecule has 0 saturated heterocycles. The normalized spacial score (nSPS) is 21.2. The van der Waals surface area contributed by atoms with Gasteiger partial charge in [0.05, 0.1) is 6.61 Å². The van der Waals surface area contributed by atoms with Crippen LogP contribution in [0.4, 0.5) is 0 Å². The molecule has 2 unspecified atom stereocenters. The predicted molar refractivity (Wildman–Crippen MR) is 171 cm³/mol. The quantitative estimate of drug-likeness (QED) is 0.214. The average Bonchev–Trinajstić information content (AvgIpc) is 3.53. The Morgan fingerprint density at radius 2 is 1.10 bits per heavy atom. The lowest BCUT2D eigenvalue weighted by atomic mass is 9.72. The van der Waals surface area contributed by atoms with Gasteiger partial charge in [-0.15, -0.1) is 0 Å². The summed E-state index contributed by atoms with van der Waals surface area (Å²) in [6.45, 7) is 9.53. The summed E-state index contributed by atoms with van der Waals surface area (Å²) in [7, 11) is 0. The fourth-order valence-electron chi connectivity index (χ4n) is 7.54. The van der Waals surface area contributed by atoms with E-state index in [9.17, 15) is 0 Å². The smallest absolute Gasteiger partial charge is 0.134 e. The Labute approximate surface area is 248 Å². The first-order chi connectivity index (χ1) is 20.5. The molecule has 212 valence electrons. The van der Waals surface area contributed by atoms with E-state index >= 15 is 0 Å². The fraction of sp³-hybridized carbons (Fsp3) is 0.282. The summed E-state index contributed by atoms with van der Waals surface area (Å²) in [5.41, 5.74) is 9.04. The maximum absolute atomic E-state index is 5.99. The van der Waals surface area contributed by atoms with Crippen molar-refractivity contribution >= 4 is 21.9 Å². The summed E-state index contributed by atoms with van der Waals surface area (Å²) in [4.78, 5) is 0. The summed E-state index contributed by atoms with van der Waals surface area (Å²) >= 11 is 0. The number of fused-ring (bicyclic) bond motifs is 4. The standard InChI is InChI=1S/C20H20O.C19H18O2/c1-13-16-8-4-3-7-15(16)11-12-17(13)20-14(2)21-19-10-6-5-9-18(19)20;1-12-14-7-3-5-9-17(14)20-11-16(12)19-13(2)21-18-10-6-4-8-15(18)19/h3-10,13,17H,11-12H2,1-2H3;3-10,12,16H,11H2,1-2H3/t13-,17?;12-,16?/m11/s1. The summed E-state index contributed by atoms with van der Waals surface area (Å²) in [5, 5.41) is 2.51. The van der Waals surface area contributed by atoms with Crippen molar-refractivity contribution in [1.82, 2.24) is 0 Å². The van der Waals surface area contributed by atoms with Crippen LogP contribution in [0.15, 0.2) is 106 Å². The molecule has 8 rings (SSSR count). The van der Waals surface area contributed by atoms with Gasteiger partial charge in [-0.25, -0.2) is 0 Å². The molecule has 1 aliphatic carbocycles. The molecule has 0 saturated carbocycles. The zero-order chi connectivity index (χ0) is 28.8. The molecule has 0 radical (unpaired) electrons. The van der Waals surface area contributed by atoms with Crippen molar-refractivity contribution in [2.75, 3.05) is 6.61 Å². The first-order valence-electron chi connectivity index (χ1n) is 15.3. The van der Waals surface area contributed by atoms with E-state index < -0.39 is 0 Å². The van der Waals surface area contributed by atoms with Crippen LogP contribution < -0.4 is 4.74 Å². The SMILES string of the molecule is Cc1oc2ccccc2c1C1CCc2ccccc2[C@H]1C.Cc1oc2ccccc2c1C1COc2ccccc2[C@H]1C. The Bertz CT molecular complexity index is 1730. The molecule has 0 spiro atoms. The second-order valence-electron chi connectivity index (χ2n) is 12.0.